The summed E-state index contributed by atoms with van der Waals surface area (Å²) in [5.74, 6) is -0.155. The molecule has 0 radical (unpaired) electrons. The summed E-state index contributed by atoms with van der Waals surface area (Å²) in [5, 5.41) is 19.1. The molecule has 0 unspecified atom stereocenters. The van der Waals surface area contributed by atoms with Crippen molar-refractivity contribution in [1.29, 1.82) is 0 Å². The number of non-ortho nitro benzene ring substituents is 1. The molecule has 0 saturated heterocycles. The molecule has 9 heteroatoms. The zero-order valence-electron chi connectivity index (χ0n) is 17.8. The van der Waals surface area contributed by atoms with Gasteiger partial charge in [0, 0.05) is 17.6 Å². The fraction of sp³-hybridized carbons (Fsp3) is 0.174. The highest BCUT2D eigenvalue weighted by Gasteiger charge is 2.18. The number of aryl methyl sites for hydroxylation is 2. The van der Waals surface area contributed by atoms with Gasteiger partial charge in [-0.2, -0.15) is 5.10 Å². The van der Waals surface area contributed by atoms with E-state index in [1.165, 1.54) is 30.9 Å². The molecule has 1 N–H and O–H groups in total. The lowest BCUT2D eigenvalue weighted by atomic mass is 10.0. The standard InChI is InChI=1S/C23H21N5O4/c1-14-4-6-16(7-5-14)18-10-11-24-23-22(18)15(2)26-27(23)13-21(29)25-19-9-8-17(28(30)31)12-20(19)32-3/h4-12H,13H2,1-3H3,(H,25,29). The Kier molecular flexibility index (Phi) is 5.55. The lowest BCUT2D eigenvalue weighted by molar-refractivity contribution is -0.384. The number of anilines is 1. The van der Waals surface area contributed by atoms with Gasteiger partial charge in [-0.15, -0.1) is 0 Å². The third-order valence-corrected chi connectivity index (χ3v) is 5.13. The number of nitrogens with one attached hydrogen (secondary N) is 1. The van der Waals surface area contributed by atoms with Gasteiger partial charge in [-0.05, 0) is 37.1 Å². The maximum atomic E-state index is 12.7. The van der Waals surface area contributed by atoms with E-state index in [4.69, 9.17) is 4.74 Å². The van der Waals surface area contributed by atoms with Crippen LogP contribution < -0.4 is 10.1 Å². The monoisotopic (exact) mass is 431 g/mol. The van der Waals surface area contributed by atoms with Gasteiger partial charge in [0.1, 0.15) is 12.3 Å². The van der Waals surface area contributed by atoms with Crippen molar-refractivity contribution < 1.29 is 14.5 Å². The zero-order chi connectivity index (χ0) is 22.8. The summed E-state index contributed by atoms with van der Waals surface area (Å²) >= 11 is 0. The number of nitro benzene ring substituents is 1. The molecule has 2 aromatic heterocycles. The zero-order valence-corrected chi connectivity index (χ0v) is 17.8. The van der Waals surface area contributed by atoms with E-state index in [0.717, 1.165) is 22.2 Å². The Hall–Kier alpha value is -4.27. The molecule has 0 aliphatic rings. The predicted molar refractivity (Wildman–Crippen MR) is 121 cm³/mol. The Morgan fingerprint density at radius 3 is 2.59 bits per heavy atom. The van der Waals surface area contributed by atoms with Crippen molar-refractivity contribution in [3.63, 3.8) is 0 Å². The molecule has 0 bridgehead atoms. The number of nitro groups is 1. The van der Waals surface area contributed by atoms with E-state index in [0.29, 0.717) is 11.3 Å². The van der Waals surface area contributed by atoms with Crippen LogP contribution in [0.2, 0.25) is 0 Å². The van der Waals surface area contributed by atoms with Crippen LogP contribution in [-0.4, -0.2) is 32.7 Å². The molecule has 0 aliphatic heterocycles. The van der Waals surface area contributed by atoms with Gasteiger partial charge in [0.05, 0.1) is 29.5 Å². The summed E-state index contributed by atoms with van der Waals surface area (Å²) in [6.07, 6.45) is 1.70. The van der Waals surface area contributed by atoms with E-state index in [-0.39, 0.29) is 23.9 Å². The molecule has 0 atom stereocenters. The quantitative estimate of drug-likeness (QED) is 0.360. The first-order valence-corrected chi connectivity index (χ1v) is 9.89. The van der Waals surface area contributed by atoms with Crippen molar-refractivity contribution in [3.05, 3.63) is 76.1 Å². The average molecular weight is 431 g/mol. The molecule has 0 aliphatic carbocycles. The first kappa shape index (κ1) is 21.0. The molecule has 0 spiro atoms. The second kappa shape index (κ2) is 8.46. The molecule has 2 aromatic carbocycles. The Labute approximate surface area is 183 Å². The van der Waals surface area contributed by atoms with E-state index in [2.05, 4.69) is 27.5 Å². The number of nitrogens with zero attached hydrogens (tertiary/aromatic N) is 4. The van der Waals surface area contributed by atoms with Crippen LogP contribution in [0.3, 0.4) is 0 Å². The normalized spacial score (nSPS) is 10.8. The lowest BCUT2D eigenvalue weighted by Crippen LogP contribution is -2.20. The van der Waals surface area contributed by atoms with Gasteiger partial charge in [-0.3, -0.25) is 14.9 Å². The van der Waals surface area contributed by atoms with Crippen LogP contribution in [0.5, 0.6) is 5.75 Å². The number of carbonyl (C=O) groups excluding carboxylic acids is 1. The molecule has 1 amide bonds. The second-order valence-corrected chi connectivity index (χ2v) is 7.36. The number of amides is 1. The third kappa shape index (κ3) is 4.00. The fourth-order valence-electron chi connectivity index (χ4n) is 3.59. The van der Waals surface area contributed by atoms with Crippen molar-refractivity contribution >= 4 is 28.3 Å². The van der Waals surface area contributed by atoms with Gasteiger partial charge in [-0.1, -0.05) is 29.8 Å². The minimum atomic E-state index is -0.524. The molecule has 162 valence electrons. The maximum absolute atomic E-state index is 12.7. The third-order valence-electron chi connectivity index (χ3n) is 5.13. The summed E-state index contributed by atoms with van der Waals surface area (Å²) in [6, 6.07) is 14.1. The van der Waals surface area contributed by atoms with Crippen LogP contribution in [0.25, 0.3) is 22.2 Å². The minimum absolute atomic E-state index is 0.0746. The van der Waals surface area contributed by atoms with Crippen LogP contribution in [0, 0.1) is 24.0 Å². The first-order valence-electron chi connectivity index (χ1n) is 9.89. The van der Waals surface area contributed by atoms with Crippen molar-refractivity contribution in [1.82, 2.24) is 14.8 Å². The van der Waals surface area contributed by atoms with Crippen LogP contribution in [0.15, 0.2) is 54.7 Å². The van der Waals surface area contributed by atoms with Crippen molar-refractivity contribution in [3.8, 4) is 16.9 Å². The average Bonchev–Trinajstić information content (AvgIpc) is 3.09. The number of fused-ring (bicyclic) bond motifs is 1. The number of carbonyl (C=O) groups is 1. The number of hydrogen-bond donors (Lipinski definition) is 1. The Balaban J connectivity index is 1.63. The summed E-state index contributed by atoms with van der Waals surface area (Å²) in [7, 11) is 1.38. The summed E-state index contributed by atoms with van der Waals surface area (Å²) in [6.45, 7) is 3.85. The molecular weight excluding hydrogens is 410 g/mol. The van der Waals surface area contributed by atoms with E-state index < -0.39 is 4.92 Å². The highest BCUT2D eigenvalue weighted by Crippen LogP contribution is 2.31. The van der Waals surface area contributed by atoms with Gasteiger partial charge < -0.3 is 10.1 Å². The number of aromatic nitrogens is 3. The van der Waals surface area contributed by atoms with Crippen LogP contribution >= 0.6 is 0 Å². The largest absolute Gasteiger partial charge is 0.494 e. The van der Waals surface area contributed by atoms with E-state index in [1.54, 1.807) is 10.9 Å². The summed E-state index contributed by atoms with van der Waals surface area (Å²) < 4.78 is 6.73. The molecule has 32 heavy (non-hydrogen) atoms. The number of pyridine rings is 1. The Bertz CT molecular complexity index is 1330. The minimum Gasteiger partial charge on any atom is -0.494 e. The van der Waals surface area contributed by atoms with Crippen molar-refractivity contribution in [2.24, 2.45) is 0 Å². The second-order valence-electron chi connectivity index (χ2n) is 7.36. The first-order chi connectivity index (χ1) is 15.4. The number of rotatable bonds is 6. The molecule has 9 nitrogen and oxygen atoms in total. The fourth-order valence-corrected chi connectivity index (χ4v) is 3.59. The smallest absolute Gasteiger partial charge is 0.273 e. The van der Waals surface area contributed by atoms with Gasteiger partial charge >= 0.3 is 0 Å². The molecule has 0 fully saturated rings. The van der Waals surface area contributed by atoms with Gasteiger partial charge in [0.2, 0.25) is 5.91 Å². The van der Waals surface area contributed by atoms with Gasteiger partial charge in [0.15, 0.2) is 5.65 Å². The van der Waals surface area contributed by atoms with Crippen LogP contribution in [0.1, 0.15) is 11.3 Å². The Morgan fingerprint density at radius 1 is 1.16 bits per heavy atom. The number of methoxy groups -OCH3 is 1. The maximum Gasteiger partial charge on any atom is 0.273 e. The summed E-state index contributed by atoms with van der Waals surface area (Å²) in [5.41, 5.74) is 4.80. The van der Waals surface area contributed by atoms with Gasteiger partial charge in [0.25, 0.3) is 5.69 Å². The highest BCUT2D eigenvalue weighted by atomic mass is 16.6. The number of hydrogen-bond acceptors (Lipinski definition) is 6. The molecule has 4 aromatic rings. The highest BCUT2D eigenvalue weighted by molar-refractivity contribution is 5.97. The molecule has 0 saturated carbocycles. The van der Waals surface area contributed by atoms with E-state index >= 15 is 0 Å². The van der Waals surface area contributed by atoms with Crippen molar-refractivity contribution in [2.75, 3.05) is 12.4 Å². The Morgan fingerprint density at radius 2 is 1.91 bits per heavy atom. The summed E-state index contributed by atoms with van der Waals surface area (Å²) in [4.78, 5) is 27.6. The predicted octanol–water partition coefficient (Wildman–Crippen LogP) is 4.27. The number of ether oxygens (including phenoxy) is 1. The molecule has 2 heterocycles. The van der Waals surface area contributed by atoms with Crippen molar-refractivity contribution in [2.45, 2.75) is 20.4 Å². The van der Waals surface area contributed by atoms with E-state index in [9.17, 15) is 14.9 Å². The SMILES string of the molecule is COc1cc([N+](=O)[O-])ccc1NC(=O)Cn1nc(C)c2c(-c3ccc(C)cc3)ccnc21. The molecular formula is C23H21N5O4. The van der Waals surface area contributed by atoms with Gasteiger partial charge in [-0.25, -0.2) is 9.67 Å². The van der Waals surface area contributed by atoms with Crippen LogP contribution in [0.4, 0.5) is 11.4 Å². The lowest BCUT2D eigenvalue weighted by Gasteiger charge is -2.10. The van der Waals surface area contributed by atoms with E-state index in [1.807, 2.05) is 32.0 Å². The molecule has 4 rings (SSSR count). The van der Waals surface area contributed by atoms with Crippen LogP contribution in [-0.2, 0) is 11.3 Å². The topological polar surface area (TPSA) is 112 Å². The number of benzene rings is 2.